The standard InChI is InChI=1S/C17H26F3N5S/c1-21-16(22-7-6-15-24-14(10-26-15)17(18,19)20)23-11-8-12-4-3-5-13(9-11)25(12)2/h10-13H,3-9H2,1-2H3,(H2,21,22,23). The molecule has 2 aliphatic rings. The van der Waals surface area contributed by atoms with Crippen LogP contribution in [0.2, 0.25) is 0 Å². The highest BCUT2D eigenvalue weighted by Crippen LogP contribution is 2.32. The van der Waals surface area contributed by atoms with Gasteiger partial charge in [-0.25, -0.2) is 4.98 Å². The molecule has 3 heterocycles. The minimum Gasteiger partial charge on any atom is -0.356 e. The Bertz CT molecular complexity index is 616. The molecule has 0 amide bonds. The number of fused-ring (bicyclic) bond motifs is 2. The number of nitrogens with one attached hydrogen (secondary N) is 2. The van der Waals surface area contributed by atoms with Gasteiger partial charge in [-0.2, -0.15) is 13.2 Å². The Balaban J connectivity index is 1.46. The monoisotopic (exact) mass is 389 g/mol. The third-order valence-corrected chi connectivity index (χ3v) is 6.29. The summed E-state index contributed by atoms with van der Waals surface area (Å²) in [6.45, 7) is 0.504. The lowest BCUT2D eigenvalue weighted by Crippen LogP contribution is -2.56. The molecule has 3 rings (SSSR count). The van der Waals surface area contributed by atoms with Crippen LogP contribution in [0, 0.1) is 0 Å². The fraction of sp³-hybridized carbons (Fsp3) is 0.765. The van der Waals surface area contributed by atoms with E-state index in [1.54, 1.807) is 7.05 Å². The maximum Gasteiger partial charge on any atom is 0.434 e. The van der Waals surface area contributed by atoms with Crippen molar-refractivity contribution in [3.63, 3.8) is 0 Å². The fourth-order valence-electron chi connectivity index (χ4n) is 3.97. The van der Waals surface area contributed by atoms with Gasteiger partial charge < -0.3 is 15.5 Å². The van der Waals surface area contributed by atoms with Crippen LogP contribution in [0.1, 0.15) is 42.8 Å². The average Bonchev–Trinajstić information content (AvgIpc) is 3.04. The first-order valence-electron chi connectivity index (χ1n) is 9.07. The molecule has 2 saturated heterocycles. The SMILES string of the molecule is CN=C(NCCc1nc(C(F)(F)F)cs1)NC1CC2CCCC(C1)N2C. The van der Waals surface area contributed by atoms with Gasteiger partial charge in [0.05, 0.1) is 5.01 Å². The third-order valence-electron chi connectivity index (χ3n) is 5.38. The second kappa shape index (κ2) is 8.12. The molecule has 2 aliphatic heterocycles. The molecule has 2 bridgehead atoms. The van der Waals surface area contributed by atoms with Crippen LogP contribution in [0.15, 0.2) is 10.4 Å². The molecule has 0 aromatic carbocycles. The molecule has 2 N–H and O–H groups in total. The van der Waals surface area contributed by atoms with Gasteiger partial charge in [0, 0.05) is 43.5 Å². The number of alkyl halides is 3. The molecule has 0 saturated carbocycles. The highest BCUT2D eigenvalue weighted by atomic mass is 32.1. The number of piperidine rings is 2. The summed E-state index contributed by atoms with van der Waals surface area (Å²) in [6.07, 6.45) is 2.11. The lowest BCUT2D eigenvalue weighted by atomic mass is 9.82. The van der Waals surface area contributed by atoms with E-state index >= 15 is 0 Å². The van der Waals surface area contributed by atoms with Crippen LogP contribution in [-0.2, 0) is 12.6 Å². The first-order valence-corrected chi connectivity index (χ1v) is 9.95. The van der Waals surface area contributed by atoms with Crippen LogP contribution < -0.4 is 10.6 Å². The Morgan fingerprint density at radius 1 is 1.35 bits per heavy atom. The quantitative estimate of drug-likeness (QED) is 0.614. The van der Waals surface area contributed by atoms with E-state index in [9.17, 15) is 13.2 Å². The van der Waals surface area contributed by atoms with E-state index in [1.807, 2.05) is 0 Å². The van der Waals surface area contributed by atoms with Gasteiger partial charge in [0.25, 0.3) is 0 Å². The van der Waals surface area contributed by atoms with Gasteiger partial charge in [0.15, 0.2) is 11.7 Å². The molecule has 146 valence electrons. The van der Waals surface area contributed by atoms with Crippen LogP contribution in [0.3, 0.4) is 0 Å². The van der Waals surface area contributed by atoms with Crippen LogP contribution in [0.5, 0.6) is 0 Å². The molecular formula is C17H26F3N5S. The molecule has 2 fully saturated rings. The number of hydrogen-bond donors (Lipinski definition) is 2. The number of nitrogens with zero attached hydrogens (tertiary/aromatic N) is 3. The van der Waals surface area contributed by atoms with E-state index in [0.717, 1.165) is 29.6 Å². The largest absolute Gasteiger partial charge is 0.434 e. The van der Waals surface area contributed by atoms with Gasteiger partial charge in [-0.1, -0.05) is 6.42 Å². The van der Waals surface area contributed by atoms with Gasteiger partial charge >= 0.3 is 6.18 Å². The molecule has 0 spiro atoms. The van der Waals surface area contributed by atoms with Crippen LogP contribution in [-0.4, -0.2) is 54.6 Å². The minimum absolute atomic E-state index is 0.393. The van der Waals surface area contributed by atoms with Crippen molar-refractivity contribution in [1.29, 1.82) is 0 Å². The first kappa shape index (κ1) is 19.4. The highest BCUT2D eigenvalue weighted by Gasteiger charge is 2.36. The molecule has 0 aliphatic carbocycles. The summed E-state index contributed by atoms with van der Waals surface area (Å²) in [4.78, 5) is 10.4. The number of aromatic nitrogens is 1. The van der Waals surface area contributed by atoms with Crippen molar-refractivity contribution >= 4 is 17.3 Å². The summed E-state index contributed by atoms with van der Waals surface area (Å²) in [5.74, 6) is 0.713. The smallest absolute Gasteiger partial charge is 0.356 e. The van der Waals surface area contributed by atoms with Gasteiger partial charge in [-0.15, -0.1) is 11.3 Å². The Hall–Kier alpha value is -1.35. The van der Waals surface area contributed by atoms with Crippen molar-refractivity contribution in [1.82, 2.24) is 20.5 Å². The molecule has 1 aromatic rings. The Morgan fingerprint density at radius 3 is 2.62 bits per heavy atom. The first-order chi connectivity index (χ1) is 12.4. The van der Waals surface area contributed by atoms with E-state index < -0.39 is 11.9 Å². The van der Waals surface area contributed by atoms with Crippen LogP contribution in [0.4, 0.5) is 13.2 Å². The van der Waals surface area contributed by atoms with E-state index in [4.69, 9.17) is 0 Å². The Labute approximate surface area is 156 Å². The zero-order valence-electron chi connectivity index (χ0n) is 15.1. The zero-order chi connectivity index (χ0) is 18.7. The minimum atomic E-state index is -4.37. The van der Waals surface area contributed by atoms with Crippen LogP contribution >= 0.6 is 11.3 Å². The molecule has 9 heteroatoms. The summed E-state index contributed by atoms with van der Waals surface area (Å²) in [5, 5.41) is 8.24. The van der Waals surface area contributed by atoms with Gasteiger partial charge in [-0.05, 0) is 32.7 Å². The summed E-state index contributed by atoms with van der Waals surface area (Å²) in [5.41, 5.74) is -0.808. The third kappa shape index (κ3) is 4.68. The Kier molecular flexibility index (Phi) is 6.06. The predicted octanol–water partition coefficient (Wildman–Crippen LogP) is 2.88. The number of hydrogen-bond acceptors (Lipinski definition) is 4. The van der Waals surface area contributed by atoms with Crippen molar-refractivity contribution in [2.24, 2.45) is 4.99 Å². The molecule has 1 aromatic heterocycles. The second-order valence-electron chi connectivity index (χ2n) is 7.09. The molecule has 5 nitrogen and oxygen atoms in total. The van der Waals surface area contributed by atoms with Crippen molar-refractivity contribution in [3.05, 3.63) is 16.1 Å². The maximum absolute atomic E-state index is 12.6. The summed E-state index contributed by atoms with van der Waals surface area (Å²) in [6, 6.07) is 1.66. The van der Waals surface area contributed by atoms with Gasteiger partial charge in [0.1, 0.15) is 0 Å². The number of rotatable bonds is 4. The van der Waals surface area contributed by atoms with Crippen molar-refractivity contribution < 1.29 is 13.2 Å². The molecule has 2 unspecified atom stereocenters. The van der Waals surface area contributed by atoms with E-state index in [1.165, 1.54) is 19.3 Å². The zero-order valence-corrected chi connectivity index (χ0v) is 16.0. The topological polar surface area (TPSA) is 52.6 Å². The average molecular weight is 389 g/mol. The maximum atomic E-state index is 12.6. The van der Waals surface area contributed by atoms with Crippen molar-refractivity contribution in [2.45, 2.75) is 62.8 Å². The fourth-order valence-corrected chi connectivity index (χ4v) is 4.77. The number of halogens is 3. The normalized spacial score (nSPS) is 27.4. The lowest BCUT2D eigenvalue weighted by Gasteiger charge is -2.47. The summed E-state index contributed by atoms with van der Waals surface area (Å²) in [7, 11) is 3.94. The molecular weight excluding hydrogens is 363 g/mol. The molecule has 0 radical (unpaired) electrons. The lowest BCUT2D eigenvalue weighted by molar-refractivity contribution is -0.140. The second-order valence-corrected chi connectivity index (χ2v) is 8.03. The summed E-state index contributed by atoms with van der Waals surface area (Å²) < 4.78 is 37.8. The number of aliphatic imine (C=N–C) groups is 1. The van der Waals surface area contributed by atoms with E-state index in [2.05, 4.69) is 32.6 Å². The number of thiazole rings is 1. The molecule has 2 atom stereocenters. The van der Waals surface area contributed by atoms with Crippen molar-refractivity contribution in [2.75, 3.05) is 20.6 Å². The van der Waals surface area contributed by atoms with Gasteiger partial charge in [-0.3, -0.25) is 4.99 Å². The highest BCUT2D eigenvalue weighted by molar-refractivity contribution is 7.09. The Morgan fingerprint density at radius 2 is 2.04 bits per heavy atom. The van der Waals surface area contributed by atoms with Crippen molar-refractivity contribution in [3.8, 4) is 0 Å². The van der Waals surface area contributed by atoms with Gasteiger partial charge in [0.2, 0.25) is 0 Å². The molecule has 26 heavy (non-hydrogen) atoms. The van der Waals surface area contributed by atoms with E-state index in [-0.39, 0.29) is 0 Å². The predicted molar refractivity (Wildman–Crippen MR) is 97.5 cm³/mol. The van der Waals surface area contributed by atoms with E-state index in [0.29, 0.717) is 42.1 Å². The summed E-state index contributed by atoms with van der Waals surface area (Å²) >= 11 is 1.05. The number of guanidine groups is 1. The van der Waals surface area contributed by atoms with Crippen LogP contribution in [0.25, 0.3) is 0 Å².